The number of carbonyl (C=O) groups is 2. The molecule has 4 nitrogen and oxygen atoms in total. The third-order valence-corrected chi connectivity index (χ3v) is 5.49. The zero-order valence-corrected chi connectivity index (χ0v) is 15.9. The Morgan fingerprint density at radius 1 is 0.760 bits per heavy atom. The average molecular weight is 350 g/mol. The van der Waals surface area contributed by atoms with E-state index in [1.54, 1.807) is 0 Å². The van der Waals surface area contributed by atoms with E-state index >= 15 is 0 Å². The van der Waals surface area contributed by atoms with Crippen LogP contribution >= 0.6 is 0 Å². The summed E-state index contributed by atoms with van der Waals surface area (Å²) in [4.78, 5) is 25.1. The fourth-order valence-electron chi connectivity index (χ4n) is 4.06. The van der Waals surface area contributed by atoms with E-state index in [-0.39, 0.29) is 35.6 Å². The first-order valence-corrected chi connectivity index (χ1v) is 10.2. The molecule has 25 heavy (non-hydrogen) atoms. The second-order valence-electron chi connectivity index (χ2n) is 7.46. The highest BCUT2D eigenvalue weighted by Gasteiger charge is 2.53. The molecule has 2 rings (SSSR count). The third-order valence-electron chi connectivity index (χ3n) is 5.49. The zero-order valence-electron chi connectivity index (χ0n) is 15.9. The van der Waals surface area contributed by atoms with Gasteiger partial charge in [0.25, 0.3) is 0 Å². The van der Waals surface area contributed by atoms with Crippen LogP contribution < -0.4 is 0 Å². The zero-order chi connectivity index (χ0) is 18.1. The smallest absolute Gasteiger partial charge is 0.310 e. The van der Waals surface area contributed by atoms with Crippen molar-refractivity contribution in [3.8, 4) is 0 Å². The number of hydrogen-bond acceptors (Lipinski definition) is 4. The topological polar surface area (TPSA) is 52.6 Å². The molecule has 0 amide bonds. The second kappa shape index (κ2) is 10.6. The van der Waals surface area contributed by atoms with E-state index in [1.165, 1.54) is 12.8 Å². The van der Waals surface area contributed by atoms with Gasteiger partial charge in [0.1, 0.15) is 0 Å². The Labute approximate surface area is 152 Å². The summed E-state index contributed by atoms with van der Waals surface area (Å²) >= 11 is 0. The Hall–Kier alpha value is -1.32. The number of ether oxygens (including phenoxy) is 2. The van der Waals surface area contributed by atoms with Crippen molar-refractivity contribution in [3.63, 3.8) is 0 Å². The predicted octanol–water partition coefficient (Wildman–Crippen LogP) is 4.67. The van der Waals surface area contributed by atoms with Crippen LogP contribution in [0.2, 0.25) is 0 Å². The van der Waals surface area contributed by atoms with Crippen LogP contribution in [0.1, 0.15) is 71.6 Å². The average Bonchev–Trinajstić information content (AvgIpc) is 3.22. The van der Waals surface area contributed by atoms with Crippen LogP contribution in [0, 0.1) is 23.7 Å². The molecule has 0 saturated heterocycles. The van der Waals surface area contributed by atoms with Gasteiger partial charge in [-0.25, -0.2) is 0 Å². The Kier molecular flexibility index (Phi) is 8.50. The molecule has 0 aromatic rings. The molecule has 0 aromatic heterocycles. The SMILES string of the molecule is CCCCCCOC(=O)C1C2C=CC(C2)C1C(=O)OCCCCCC. The molecule has 0 aliphatic heterocycles. The van der Waals surface area contributed by atoms with Crippen LogP contribution in [0.25, 0.3) is 0 Å². The molecular weight excluding hydrogens is 316 g/mol. The second-order valence-corrected chi connectivity index (χ2v) is 7.46. The van der Waals surface area contributed by atoms with Crippen molar-refractivity contribution in [2.45, 2.75) is 71.6 Å². The molecule has 0 radical (unpaired) electrons. The van der Waals surface area contributed by atoms with Gasteiger partial charge in [0, 0.05) is 0 Å². The van der Waals surface area contributed by atoms with Gasteiger partial charge in [-0.3, -0.25) is 9.59 Å². The van der Waals surface area contributed by atoms with E-state index in [4.69, 9.17) is 9.47 Å². The van der Waals surface area contributed by atoms with Gasteiger partial charge in [-0.15, -0.1) is 0 Å². The maximum absolute atomic E-state index is 12.5. The van der Waals surface area contributed by atoms with Crippen LogP contribution in [0.5, 0.6) is 0 Å². The standard InChI is InChI=1S/C21H34O4/c1-3-5-7-9-13-24-20(22)18-16-11-12-17(15-16)19(18)21(23)25-14-10-8-6-4-2/h11-12,16-19H,3-10,13-15H2,1-2H3. The van der Waals surface area contributed by atoms with Gasteiger partial charge in [0.2, 0.25) is 0 Å². The molecule has 4 heteroatoms. The molecule has 1 fully saturated rings. The first kappa shape index (κ1) is 20.0. The largest absolute Gasteiger partial charge is 0.465 e. The van der Waals surface area contributed by atoms with E-state index in [0.29, 0.717) is 13.2 Å². The lowest BCUT2D eigenvalue weighted by Crippen LogP contribution is -2.35. The summed E-state index contributed by atoms with van der Waals surface area (Å²) in [6.45, 7) is 5.25. The minimum atomic E-state index is -0.343. The van der Waals surface area contributed by atoms with Crippen LogP contribution in [0.3, 0.4) is 0 Å². The van der Waals surface area contributed by atoms with Crippen molar-refractivity contribution in [2.24, 2.45) is 23.7 Å². The molecule has 0 aromatic carbocycles. The van der Waals surface area contributed by atoms with Gasteiger partial charge in [-0.1, -0.05) is 64.5 Å². The number of hydrogen-bond donors (Lipinski definition) is 0. The quantitative estimate of drug-likeness (QED) is 0.291. The highest BCUT2D eigenvalue weighted by molar-refractivity contribution is 5.84. The number of allylic oxidation sites excluding steroid dienone is 2. The fourth-order valence-corrected chi connectivity index (χ4v) is 4.06. The van der Waals surface area contributed by atoms with Crippen molar-refractivity contribution >= 4 is 11.9 Å². The van der Waals surface area contributed by atoms with Crippen molar-refractivity contribution in [1.29, 1.82) is 0 Å². The van der Waals surface area contributed by atoms with Crippen molar-refractivity contribution < 1.29 is 19.1 Å². The van der Waals surface area contributed by atoms with Gasteiger partial charge in [-0.05, 0) is 31.1 Å². The summed E-state index contributed by atoms with van der Waals surface area (Å²) < 4.78 is 11.0. The molecule has 2 aliphatic rings. The normalized spacial score (nSPS) is 26.8. The summed E-state index contributed by atoms with van der Waals surface area (Å²) in [6, 6.07) is 0. The Morgan fingerprint density at radius 2 is 1.20 bits per heavy atom. The van der Waals surface area contributed by atoms with Gasteiger partial charge in [0.05, 0.1) is 25.0 Å². The lowest BCUT2D eigenvalue weighted by atomic mass is 9.83. The molecule has 0 spiro atoms. The molecular formula is C21H34O4. The van der Waals surface area contributed by atoms with Gasteiger partial charge in [-0.2, -0.15) is 0 Å². The van der Waals surface area contributed by atoms with Gasteiger partial charge < -0.3 is 9.47 Å². The summed E-state index contributed by atoms with van der Waals surface area (Å²) in [5, 5.41) is 0. The first-order chi connectivity index (χ1) is 12.2. The number of rotatable bonds is 12. The lowest BCUT2D eigenvalue weighted by molar-refractivity contribution is -0.161. The molecule has 0 heterocycles. The molecule has 1 saturated carbocycles. The summed E-state index contributed by atoms with van der Waals surface area (Å²) in [5.74, 6) is -0.812. The van der Waals surface area contributed by atoms with Crippen molar-refractivity contribution in [2.75, 3.05) is 13.2 Å². The summed E-state index contributed by atoms with van der Waals surface area (Å²) in [6.07, 6.45) is 13.7. The van der Waals surface area contributed by atoms with Gasteiger partial charge >= 0.3 is 11.9 Å². The van der Waals surface area contributed by atoms with E-state index in [0.717, 1.165) is 44.9 Å². The maximum Gasteiger partial charge on any atom is 0.310 e. The summed E-state index contributed by atoms with van der Waals surface area (Å²) in [7, 11) is 0. The van der Waals surface area contributed by atoms with E-state index in [9.17, 15) is 9.59 Å². The molecule has 142 valence electrons. The van der Waals surface area contributed by atoms with Crippen LogP contribution in [-0.4, -0.2) is 25.2 Å². The number of carbonyl (C=O) groups excluding carboxylic acids is 2. The van der Waals surface area contributed by atoms with E-state index in [1.807, 2.05) is 0 Å². The van der Waals surface area contributed by atoms with Crippen LogP contribution in [0.15, 0.2) is 12.2 Å². The predicted molar refractivity (Wildman–Crippen MR) is 97.9 cm³/mol. The van der Waals surface area contributed by atoms with E-state index < -0.39 is 0 Å². The lowest BCUT2D eigenvalue weighted by Gasteiger charge is -2.25. The highest BCUT2D eigenvalue weighted by atomic mass is 16.5. The Balaban J connectivity index is 1.80. The number of fused-ring (bicyclic) bond motifs is 2. The molecule has 4 unspecified atom stereocenters. The third kappa shape index (κ3) is 5.58. The van der Waals surface area contributed by atoms with Crippen LogP contribution in [-0.2, 0) is 19.1 Å². The first-order valence-electron chi connectivity index (χ1n) is 10.2. The number of esters is 2. The highest BCUT2D eigenvalue weighted by Crippen LogP contribution is 2.49. The number of unbranched alkanes of at least 4 members (excludes halogenated alkanes) is 6. The fraction of sp³-hybridized carbons (Fsp3) is 0.810. The Bertz CT molecular complexity index is 417. The molecule has 4 atom stereocenters. The summed E-state index contributed by atoms with van der Waals surface area (Å²) in [5.41, 5.74) is 0. The van der Waals surface area contributed by atoms with E-state index in [2.05, 4.69) is 26.0 Å². The molecule has 0 N–H and O–H groups in total. The monoisotopic (exact) mass is 350 g/mol. The molecule has 2 bridgehead atoms. The Morgan fingerprint density at radius 3 is 1.60 bits per heavy atom. The van der Waals surface area contributed by atoms with Crippen molar-refractivity contribution in [3.05, 3.63) is 12.2 Å². The van der Waals surface area contributed by atoms with Crippen LogP contribution in [0.4, 0.5) is 0 Å². The maximum atomic E-state index is 12.5. The minimum Gasteiger partial charge on any atom is -0.465 e. The van der Waals surface area contributed by atoms with Crippen molar-refractivity contribution in [1.82, 2.24) is 0 Å². The van der Waals surface area contributed by atoms with Gasteiger partial charge in [0.15, 0.2) is 0 Å². The minimum absolute atomic E-state index is 0.144. The molecule has 2 aliphatic carbocycles.